The van der Waals surface area contributed by atoms with E-state index >= 15 is 0 Å². The van der Waals surface area contributed by atoms with Gasteiger partial charge in [-0.3, -0.25) is 9.59 Å². The molecule has 0 amide bonds. The number of carbonyl (C=O) groups is 2. The summed E-state index contributed by atoms with van der Waals surface area (Å²) in [5.41, 5.74) is 0. The summed E-state index contributed by atoms with van der Waals surface area (Å²) >= 11 is 0. The van der Waals surface area contributed by atoms with Crippen LogP contribution in [0.2, 0.25) is 0 Å². The maximum atomic E-state index is 12.4. The van der Waals surface area contributed by atoms with Gasteiger partial charge in [-0.15, -0.1) is 0 Å². The van der Waals surface area contributed by atoms with Gasteiger partial charge in [-0.1, -0.05) is 197 Å². The second-order valence-corrected chi connectivity index (χ2v) is 14.6. The molecule has 0 aliphatic rings. The smallest absolute Gasteiger partial charge is 0.307 e. The number of carbonyl (C=O) groups excluding carboxylic acids is 1. The highest BCUT2D eigenvalue weighted by atomic mass is 16.5. The molecule has 0 aromatic heterocycles. The molecular weight excluding hydrogens is 617 g/mol. The average Bonchev–Trinajstić information content (AvgIpc) is 3.10. The monoisotopic (exact) mass is 699 g/mol. The Morgan fingerprint density at radius 2 is 0.800 bits per heavy atom. The van der Waals surface area contributed by atoms with Crippen LogP contribution in [0, 0.1) is 0 Å². The van der Waals surface area contributed by atoms with Gasteiger partial charge in [0.15, 0.2) is 0 Å². The predicted octanol–water partition coefficient (Wildman–Crippen LogP) is 15.1. The number of allylic oxidation sites excluding steroid dienone is 8. The van der Waals surface area contributed by atoms with Crippen LogP contribution in [0.3, 0.4) is 0 Å². The van der Waals surface area contributed by atoms with Crippen molar-refractivity contribution in [2.45, 2.75) is 232 Å². The van der Waals surface area contributed by atoms with Crippen LogP contribution in [0.5, 0.6) is 0 Å². The van der Waals surface area contributed by atoms with E-state index in [1.165, 1.54) is 135 Å². The lowest BCUT2D eigenvalue weighted by atomic mass is 10.0. The van der Waals surface area contributed by atoms with Crippen molar-refractivity contribution in [2.24, 2.45) is 0 Å². The first-order chi connectivity index (χ1) is 24.6. The SMILES string of the molecule is CCCCC/C=C\C/C=C\C/C=C\C/C=C\CCCCCCCC(=O)OC(CCCCCCCCCCCCCCCCCCC)CC(=O)O. The lowest BCUT2D eigenvalue weighted by molar-refractivity contribution is -0.153. The van der Waals surface area contributed by atoms with E-state index in [1.54, 1.807) is 0 Å². The minimum absolute atomic E-state index is 0.0813. The molecular formula is C46H82O4. The van der Waals surface area contributed by atoms with Crippen molar-refractivity contribution in [3.8, 4) is 0 Å². The first-order valence-electron chi connectivity index (χ1n) is 21.6. The van der Waals surface area contributed by atoms with E-state index < -0.39 is 12.1 Å². The van der Waals surface area contributed by atoms with Gasteiger partial charge in [0.25, 0.3) is 0 Å². The number of esters is 1. The molecule has 0 saturated carbocycles. The first kappa shape index (κ1) is 47.9. The molecule has 0 rings (SSSR count). The molecule has 0 heterocycles. The summed E-state index contributed by atoms with van der Waals surface area (Å²) in [6.45, 7) is 4.52. The van der Waals surface area contributed by atoms with E-state index in [-0.39, 0.29) is 12.4 Å². The summed E-state index contributed by atoms with van der Waals surface area (Å²) in [4.78, 5) is 23.7. The van der Waals surface area contributed by atoms with E-state index in [1.807, 2.05) is 0 Å². The molecule has 0 saturated heterocycles. The first-order valence-corrected chi connectivity index (χ1v) is 21.6. The Labute approximate surface area is 311 Å². The molecule has 0 aliphatic heterocycles. The molecule has 0 spiro atoms. The summed E-state index contributed by atoms with van der Waals surface area (Å²) < 4.78 is 5.59. The van der Waals surface area contributed by atoms with Crippen LogP contribution >= 0.6 is 0 Å². The van der Waals surface area contributed by atoms with Crippen molar-refractivity contribution >= 4 is 11.9 Å². The molecule has 4 nitrogen and oxygen atoms in total. The van der Waals surface area contributed by atoms with Crippen molar-refractivity contribution in [1.82, 2.24) is 0 Å². The average molecular weight is 699 g/mol. The molecule has 0 fully saturated rings. The van der Waals surface area contributed by atoms with E-state index in [0.29, 0.717) is 12.8 Å². The highest BCUT2D eigenvalue weighted by Crippen LogP contribution is 2.17. The Morgan fingerprint density at radius 1 is 0.460 bits per heavy atom. The zero-order valence-electron chi connectivity index (χ0n) is 33.2. The quantitative estimate of drug-likeness (QED) is 0.0394. The maximum Gasteiger partial charge on any atom is 0.307 e. The van der Waals surface area contributed by atoms with E-state index in [4.69, 9.17) is 4.74 Å². The van der Waals surface area contributed by atoms with Crippen molar-refractivity contribution in [3.05, 3.63) is 48.6 Å². The number of hydrogen-bond acceptors (Lipinski definition) is 3. The van der Waals surface area contributed by atoms with Crippen molar-refractivity contribution < 1.29 is 19.4 Å². The molecule has 1 unspecified atom stereocenters. The van der Waals surface area contributed by atoms with Gasteiger partial charge in [0.1, 0.15) is 6.10 Å². The molecule has 1 atom stereocenters. The number of unbranched alkanes of at least 4 members (excludes halogenated alkanes) is 24. The third-order valence-electron chi connectivity index (χ3n) is 9.54. The van der Waals surface area contributed by atoms with Crippen molar-refractivity contribution in [3.63, 3.8) is 0 Å². The van der Waals surface area contributed by atoms with Crippen LogP contribution in [0.1, 0.15) is 226 Å². The molecule has 0 aliphatic carbocycles. The fraction of sp³-hybridized carbons (Fsp3) is 0.783. The Hall–Kier alpha value is -2.10. The van der Waals surface area contributed by atoms with Crippen LogP contribution in [0.25, 0.3) is 0 Å². The predicted molar refractivity (Wildman–Crippen MR) is 218 cm³/mol. The Morgan fingerprint density at radius 3 is 1.24 bits per heavy atom. The Balaban J connectivity index is 3.68. The Kier molecular flexibility index (Phi) is 39.6. The lowest BCUT2D eigenvalue weighted by Gasteiger charge is -2.16. The van der Waals surface area contributed by atoms with Gasteiger partial charge in [-0.05, 0) is 64.2 Å². The van der Waals surface area contributed by atoms with Gasteiger partial charge < -0.3 is 9.84 Å². The second kappa shape index (κ2) is 41.3. The van der Waals surface area contributed by atoms with Gasteiger partial charge in [0.2, 0.25) is 0 Å². The van der Waals surface area contributed by atoms with E-state index in [2.05, 4.69) is 62.5 Å². The molecule has 0 aromatic carbocycles. The van der Waals surface area contributed by atoms with Crippen molar-refractivity contribution in [1.29, 1.82) is 0 Å². The highest BCUT2D eigenvalue weighted by Gasteiger charge is 2.17. The fourth-order valence-electron chi connectivity index (χ4n) is 6.36. The maximum absolute atomic E-state index is 12.4. The molecule has 1 N–H and O–H groups in total. The number of aliphatic carboxylic acids is 1. The summed E-state index contributed by atoms with van der Waals surface area (Å²) in [5, 5.41) is 9.29. The highest BCUT2D eigenvalue weighted by molar-refractivity contribution is 5.71. The molecule has 4 heteroatoms. The zero-order chi connectivity index (χ0) is 36.4. The standard InChI is InChI=1S/C46H82O4/c1-3-5-7-9-11-13-15-17-19-21-22-23-24-26-28-30-32-34-36-38-40-42-46(49)50-44(43-45(47)48)41-39-37-35-33-31-29-27-25-20-18-16-14-12-10-8-6-4-2/h11,13,17,19,22-23,26,28,44H,3-10,12,14-16,18,20-21,24-25,27,29-43H2,1-2H3,(H,47,48)/b13-11-,19-17-,23-22-,28-26-. The van der Waals surface area contributed by atoms with E-state index in [9.17, 15) is 14.7 Å². The minimum atomic E-state index is -0.885. The largest absolute Gasteiger partial charge is 0.481 e. The number of ether oxygens (including phenoxy) is 1. The molecule has 50 heavy (non-hydrogen) atoms. The summed E-state index contributed by atoms with van der Waals surface area (Å²) in [6, 6.07) is 0. The zero-order valence-corrected chi connectivity index (χ0v) is 33.2. The summed E-state index contributed by atoms with van der Waals surface area (Å²) in [6.07, 6.45) is 55.7. The molecule has 0 bridgehead atoms. The van der Waals surface area contributed by atoms with Gasteiger partial charge in [-0.2, -0.15) is 0 Å². The third kappa shape index (κ3) is 40.3. The van der Waals surface area contributed by atoms with Crippen molar-refractivity contribution in [2.75, 3.05) is 0 Å². The number of rotatable bonds is 39. The summed E-state index contributed by atoms with van der Waals surface area (Å²) in [7, 11) is 0. The number of carboxylic acid groups (broad SMARTS) is 1. The van der Waals surface area contributed by atoms with Gasteiger partial charge in [0, 0.05) is 6.42 Å². The van der Waals surface area contributed by atoms with Gasteiger partial charge >= 0.3 is 11.9 Å². The van der Waals surface area contributed by atoms with Crippen LogP contribution < -0.4 is 0 Å². The summed E-state index contributed by atoms with van der Waals surface area (Å²) in [5.74, 6) is -1.12. The molecule has 0 aromatic rings. The van der Waals surface area contributed by atoms with Crippen LogP contribution in [0.4, 0.5) is 0 Å². The fourth-order valence-corrected chi connectivity index (χ4v) is 6.36. The molecule has 290 valence electrons. The second-order valence-electron chi connectivity index (χ2n) is 14.6. The van der Waals surface area contributed by atoms with E-state index in [0.717, 1.165) is 57.8 Å². The molecule has 0 radical (unpaired) electrons. The van der Waals surface area contributed by atoms with Crippen LogP contribution in [-0.4, -0.2) is 23.1 Å². The van der Waals surface area contributed by atoms with Crippen LogP contribution in [0.15, 0.2) is 48.6 Å². The minimum Gasteiger partial charge on any atom is -0.481 e. The van der Waals surface area contributed by atoms with Gasteiger partial charge in [-0.25, -0.2) is 0 Å². The third-order valence-corrected chi connectivity index (χ3v) is 9.54. The number of hydrogen-bond donors (Lipinski definition) is 1. The van der Waals surface area contributed by atoms with Crippen LogP contribution in [-0.2, 0) is 14.3 Å². The lowest BCUT2D eigenvalue weighted by Crippen LogP contribution is -2.21. The number of carboxylic acids is 1. The Bertz CT molecular complexity index is 839. The normalized spacial score (nSPS) is 12.7. The topological polar surface area (TPSA) is 63.6 Å². The van der Waals surface area contributed by atoms with Gasteiger partial charge in [0.05, 0.1) is 6.42 Å².